The van der Waals surface area contributed by atoms with Gasteiger partial charge in [-0.2, -0.15) is 10.2 Å². The lowest BCUT2D eigenvalue weighted by Crippen LogP contribution is -1.96. The maximum Gasteiger partial charge on any atom is 0.119 e. The summed E-state index contributed by atoms with van der Waals surface area (Å²) in [6.45, 7) is 2.98. The number of hydrogen-bond donors (Lipinski definition) is 0. The molecule has 0 unspecified atom stereocenters. The summed E-state index contributed by atoms with van der Waals surface area (Å²) in [7, 11) is 0. The minimum Gasteiger partial charge on any atom is -0.494 e. The molecule has 148 valence electrons. The molecule has 0 aliphatic heterocycles. The molecule has 3 aromatic rings. The molecule has 0 heterocycles. The van der Waals surface area contributed by atoms with Gasteiger partial charge in [0.2, 0.25) is 0 Å². The SMILES string of the molecule is CCCCCCOc1ccc(N=Nc2ccc(C=Nc3ccccc3)cc2)cc1. The number of unbranched alkanes of at least 4 members (excludes halogenated alkanes) is 3. The molecule has 3 aromatic carbocycles. The van der Waals surface area contributed by atoms with Crippen molar-refractivity contribution in [1.29, 1.82) is 0 Å². The van der Waals surface area contributed by atoms with Gasteiger partial charge in [0.25, 0.3) is 0 Å². The summed E-state index contributed by atoms with van der Waals surface area (Å²) in [5, 5.41) is 8.60. The van der Waals surface area contributed by atoms with Crippen LogP contribution in [0.2, 0.25) is 0 Å². The third-order valence-corrected chi connectivity index (χ3v) is 4.40. The Morgan fingerprint density at radius 2 is 1.34 bits per heavy atom. The Labute approximate surface area is 173 Å². The molecular weight excluding hydrogens is 358 g/mol. The van der Waals surface area contributed by atoms with E-state index in [1.807, 2.05) is 85.1 Å². The number of para-hydroxylation sites is 1. The van der Waals surface area contributed by atoms with Gasteiger partial charge >= 0.3 is 0 Å². The van der Waals surface area contributed by atoms with Crippen LogP contribution in [0.15, 0.2) is 94.1 Å². The van der Waals surface area contributed by atoms with Crippen molar-refractivity contribution in [3.8, 4) is 5.75 Å². The summed E-state index contributed by atoms with van der Waals surface area (Å²) < 4.78 is 5.75. The summed E-state index contributed by atoms with van der Waals surface area (Å²) in [5.41, 5.74) is 3.56. The lowest BCUT2D eigenvalue weighted by atomic mass is 10.2. The van der Waals surface area contributed by atoms with Crippen LogP contribution in [0.5, 0.6) is 5.75 Å². The highest BCUT2D eigenvalue weighted by atomic mass is 16.5. The largest absolute Gasteiger partial charge is 0.494 e. The Balaban J connectivity index is 1.50. The zero-order valence-electron chi connectivity index (χ0n) is 16.9. The minimum absolute atomic E-state index is 0.765. The topological polar surface area (TPSA) is 46.3 Å². The monoisotopic (exact) mass is 385 g/mol. The lowest BCUT2D eigenvalue weighted by Gasteiger charge is -2.05. The van der Waals surface area contributed by atoms with Gasteiger partial charge in [-0.1, -0.05) is 56.5 Å². The average molecular weight is 386 g/mol. The third kappa shape index (κ3) is 7.34. The standard InChI is InChI=1S/C25H27N3O/c1-2-3-4-8-19-29-25-17-15-24(16-18-25)28-27-23-13-11-21(12-14-23)20-26-22-9-6-5-7-10-22/h5-7,9-18,20H,2-4,8,19H2,1H3. The van der Waals surface area contributed by atoms with Crippen molar-refractivity contribution in [2.75, 3.05) is 6.61 Å². The maximum atomic E-state index is 5.75. The molecule has 0 aliphatic carbocycles. The van der Waals surface area contributed by atoms with Crippen molar-refractivity contribution < 1.29 is 4.74 Å². The van der Waals surface area contributed by atoms with Crippen molar-refractivity contribution >= 4 is 23.3 Å². The number of aliphatic imine (C=N–C) groups is 1. The predicted molar refractivity (Wildman–Crippen MR) is 120 cm³/mol. The summed E-state index contributed by atoms with van der Waals surface area (Å²) in [6.07, 6.45) is 6.67. The first-order valence-electron chi connectivity index (χ1n) is 10.2. The molecule has 0 N–H and O–H groups in total. The highest BCUT2D eigenvalue weighted by molar-refractivity contribution is 5.82. The molecular formula is C25H27N3O. The third-order valence-electron chi connectivity index (χ3n) is 4.40. The fourth-order valence-corrected chi connectivity index (χ4v) is 2.73. The van der Waals surface area contributed by atoms with Crippen molar-refractivity contribution in [2.24, 2.45) is 15.2 Å². The van der Waals surface area contributed by atoms with E-state index in [1.165, 1.54) is 19.3 Å². The lowest BCUT2D eigenvalue weighted by molar-refractivity contribution is 0.305. The fourth-order valence-electron chi connectivity index (χ4n) is 2.73. The summed E-state index contributed by atoms with van der Waals surface area (Å²) in [6, 6.07) is 25.4. The molecule has 0 fully saturated rings. The smallest absolute Gasteiger partial charge is 0.119 e. The van der Waals surface area contributed by atoms with Crippen LogP contribution in [0.1, 0.15) is 38.2 Å². The van der Waals surface area contributed by atoms with Gasteiger partial charge in [-0.05, 0) is 60.5 Å². The van der Waals surface area contributed by atoms with Crippen LogP contribution in [-0.4, -0.2) is 12.8 Å². The summed E-state index contributed by atoms with van der Waals surface area (Å²) in [4.78, 5) is 4.45. The first-order valence-corrected chi connectivity index (χ1v) is 10.2. The molecule has 0 aromatic heterocycles. The van der Waals surface area contributed by atoms with Crippen molar-refractivity contribution in [3.63, 3.8) is 0 Å². The van der Waals surface area contributed by atoms with Gasteiger partial charge in [0, 0.05) is 6.21 Å². The van der Waals surface area contributed by atoms with Gasteiger partial charge in [-0.3, -0.25) is 4.99 Å². The van der Waals surface area contributed by atoms with Crippen LogP contribution >= 0.6 is 0 Å². The van der Waals surface area contributed by atoms with Crippen molar-refractivity contribution in [3.05, 3.63) is 84.4 Å². The normalized spacial score (nSPS) is 11.3. The van der Waals surface area contributed by atoms with Gasteiger partial charge in [0.1, 0.15) is 5.75 Å². The molecule has 0 radical (unpaired) electrons. The van der Waals surface area contributed by atoms with Crippen LogP contribution in [0.25, 0.3) is 0 Å². The number of benzene rings is 3. The number of hydrogen-bond acceptors (Lipinski definition) is 4. The molecule has 29 heavy (non-hydrogen) atoms. The summed E-state index contributed by atoms with van der Waals surface area (Å²) >= 11 is 0. The van der Waals surface area contributed by atoms with Gasteiger partial charge in [-0.25, -0.2) is 0 Å². The number of nitrogens with zero attached hydrogens (tertiary/aromatic N) is 3. The Hall–Kier alpha value is -3.27. The average Bonchev–Trinajstić information content (AvgIpc) is 2.78. The molecule has 0 saturated carbocycles. The number of ether oxygens (including phenoxy) is 1. The van der Waals surface area contributed by atoms with E-state index in [0.29, 0.717) is 0 Å². The number of azo groups is 1. The molecule has 3 rings (SSSR count). The van der Waals surface area contributed by atoms with Gasteiger partial charge < -0.3 is 4.74 Å². The maximum absolute atomic E-state index is 5.75. The first kappa shape index (κ1) is 20.5. The highest BCUT2D eigenvalue weighted by Gasteiger charge is 1.96. The molecule has 4 nitrogen and oxygen atoms in total. The van der Waals surface area contributed by atoms with Gasteiger partial charge in [-0.15, -0.1) is 0 Å². The van der Waals surface area contributed by atoms with Crippen molar-refractivity contribution in [2.45, 2.75) is 32.6 Å². The van der Waals surface area contributed by atoms with E-state index in [-0.39, 0.29) is 0 Å². The van der Waals surface area contributed by atoms with Crippen LogP contribution in [0, 0.1) is 0 Å². The minimum atomic E-state index is 0.765. The molecule has 0 atom stereocenters. The fraction of sp³-hybridized carbons (Fsp3) is 0.240. The zero-order chi connectivity index (χ0) is 20.2. The second-order valence-corrected chi connectivity index (χ2v) is 6.79. The van der Waals surface area contributed by atoms with E-state index in [0.717, 1.165) is 41.4 Å². The Morgan fingerprint density at radius 3 is 2.00 bits per heavy atom. The van der Waals surface area contributed by atoms with Crippen LogP contribution in [0.4, 0.5) is 17.1 Å². The predicted octanol–water partition coefficient (Wildman–Crippen LogP) is 7.81. The first-order chi connectivity index (χ1) is 14.3. The van der Waals surface area contributed by atoms with E-state index in [1.54, 1.807) is 0 Å². The second-order valence-electron chi connectivity index (χ2n) is 6.79. The van der Waals surface area contributed by atoms with E-state index in [9.17, 15) is 0 Å². The number of rotatable bonds is 10. The Morgan fingerprint density at radius 1 is 0.690 bits per heavy atom. The molecule has 0 amide bonds. The Kier molecular flexibility index (Phi) is 8.15. The second kappa shape index (κ2) is 11.5. The molecule has 0 spiro atoms. The molecule has 4 heteroatoms. The molecule has 0 saturated heterocycles. The van der Waals surface area contributed by atoms with Gasteiger partial charge in [0.15, 0.2) is 0 Å². The van der Waals surface area contributed by atoms with Crippen LogP contribution in [-0.2, 0) is 0 Å². The molecule has 0 bridgehead atoms. The Bertz CT molecular complexity index is 901. The van der Waals surface area contributed by atoms with Gasteiger partial charge in [0.05, 0.1) is 23.7 Å². The zero-order valence-corrected chi connectivity index (χ0v) is 16.9. The van der Waals surface area contributed by atoms with E-state index in [4.69, 9.17) is 4.74 Å². The van der Waals surface area contributed by atoms with Crippen LogP contribution < -0.4 is 4.74 Å². The van der Waals surface area contributed by atoms with Crippen LogP contribution in [0.3, 0.4) is 0 Å². The van der Waals surface area contributed by atoms with E-state index >= 15 is 0 Å². The highest BCUT2D eigenvalue weighted by Crippen LogP contribution is 2.22. The van der Waals surface area contributed by atoms with Crippen molar-refractivity contribution in [1.82, 2.24) is 0 Å². The molecule has 0 aliphatic rings. The van der Waals surface area contributed by atoms with E-state index < -0.39 is 0 Å². The summed E-state index contributed by atoms with van der Waals surface area (Å²) in [5.74, 6) is 0.877. The van der Waals surface area contributed by atoms with E-state index in [2.05, 4.69) is 22.1 Å². The quantitative estimate of drug-likeness (QED) is 0.199.